The lowest BCUT2D eigenvalue weighted by molar-refractivity contribution is -0.145. The molecule has 1 aliphatic rings. The predicted molar refractivity (Wildman–Crippen MR) is 66.7 cm³/mol. The van der Waals surface area contributed by atoms with Crippen LogP contribution in [0.4, 0.5) is 0 Å². The van der Waals surface area contributed by atoms with Gasteiger partial charge in [0.1, 0.15) is 11.2 Å². The first-order valence-corrected chi connectivity index (χ1v) is 6.31. The summed E-state index contributed by atoms with van der Waals surface area (Å²) >= 11 is 5.72. The van der Waals surface area contributed by atoms with Crippen LogP contribution in [0, 0.1) is 0 Å². The topological polar surface area (TPSA) is 82.2 Å². The number of nitrogens with one attached hydrogen (secondary N) is 2. The molecule has 0 radical (unpaired) electrons. The van der Waals surface area contributed by atoms with E-state index in [-0.39, 0.29) is 5.69 Å². The van der Waals surface area contributed by atoms with Crippen molar-refractivity contribution in [3.05, 3.63) is 23.0 Å². The minimum absolute atomic E-state index is 0.284. The van der Waals surface area contributed by atoms with Gasteiger partial charge in [-0.3, -0.25) is 4.79 Å². The number of carboxylic acids is 1. The smallest absolute Gasteiger partial charge is 0.329 e. The van der Waals surface area contributed by atoms with E-state index in [1.165, 1.54) is 12.3 Å². The lowest BCUT2D eigenvalue weighted by atomic mass is 9.81. The molecule has 5 nitrogen and oxygen atoms in total. The SMILES string of the molecule is O=C(NC1(C(=O)O)CCCCC1)c1cc(Cl)c[nH]1. The molecule has 6 heteroatoms. The summed E-state index contributed by atoms with van der Waals surface area (Å²) in [6, 6.07) is 1.48. The Bertz CT molecular complexity index is 464. The molecule has 0 saturated heterocycles. The van der Waals surface area contributed by atoms with Crippen LogP contribution >= 0.6 is 11.6 Å². The molecule has 0 spiro atoms. The summed E-state index contributed by atoms with van der Waals surface area (Å²) in [5, 5.41) is 12.4. The molecule has 1 heterocycles. The van der Waals surface area contributed by atoms with Crippen molar-refractivity contribution in [1.29, 1.82) is 0 Å². The number of rotatable bonds is 3. The lowest BCUT2D eigenvalue weighted by Gasteiger charge is -2.33. The second-order valence-corrected chi connectivity index (χ2v) is 5.07. The van der Waals surface area contributed by atoms with Crippen LogP contribution in [-0.4, -0.2) is 27.5 Å². The van der Waals surface area contributed by atoms with Crippen molar-refractivity contribution in [1.82, 2.24) is 10.3 Å². The first-order chi connectivity index (χ1) is 8.53. The Kier molecular flexibility index (Phi) is 3.61. The highest BCUT2D eigenvalue weighted by Crippen LogP contribution is 2.28. The molecule has 1 fully saturated rings. The number of H-pyrrole nitrogens is 1. The van der Waals surface area contributed by atoms with E-state index in [0.717, 1.165) is 19.3 Å². The molecule has 0 unspecified atom stereocenters. The molecule has 98 valence electrons. The van der Waals surface area contributed by atoms with Gasteiger partial charge in [-0.15, -0.1) is 0 Å². The maximum atomic E-state index is 12.0. The van der Waals surface area contributed by atoms with Crippen LogP contribution < -0.4 is 5.32 Å². The maximum absolute atomic E-state index is 12.0. The molecular weight excluding hydrogens is 256 g/mol. The second-order valence-electron chi connectivity index (χ2n) is 4.63. The van der Waals surface area contributed by atoms with Gasteiger partial charge in [0.05, 0.1) is 5.02 Å². The average molecular weight is 271 g/mol. The lowest BCUT2D eigenvalue weighted by Crippen LogP contribution is -2.55. The number of hydrogen-bond acceptors (Lipinski definition) is 2. The largest absolute Gasteiger partial charge is 0.480 e. The second kappa shape index (κ2) is 5.02. The molecule has 0 bridgehead atoms. The van der Waals surface area contributed by atoms with Gasteiger partial charge in [0.25, 0.3) is 5.91 Å². The van der Waals surface area contributed by atoms with Crippen molar-refractivity contribution in [3.63, 3.8) is 0 Å². The number of carboxylic acid groups (broad SMARTS) is 1. The average Bonchev–Trinajstić information content (AvgIpc) is 2.77. The van der Waals surface area contributed by atoms with E-state index in [1.54, 1.807) is 0 Å². The summed E-state index contributed by atoms with van der Waals surface area (Å²) in [6.45, 7) is 0. The fourth-order valence-corrected chi connectivity index (χ4v) is 2.49. The van der Waals surface area contributed by atoms with Crippen molar-refractivity contribution in [2.24, 2.45) is 0 Å². The Morgan fingerprint density at radius 1 is 1.33 bits per heavy atom. The molecule has 1 saturated carbocycles. The van der Waals surface area contributed by atoms with Crippen LogP contribution in [0.15, 0.2) is 12.3 Å². The minimum Gasteiger partial charge on any atom is -0.480 e. The third kappa shape index (κ3) is 2.51. The zero-order valence-electron chi connectivity index (χ0n) is 9.83. The van der Waals surface area contributed by atoms with Crippen LogP contribution in [0.1, 0.15) is 42.6 Å². The van der Waals surface area contributed by atoms with Gasteiger partial charge in [-0.2, -0.15) is 0 Å². The van der Waals surface area contributed by atoms with Crippen LogP contribution in [0.2, 0.25) is 5.02 Å². The van der Waals surface area contributed by atoms with Crippen molar-refractivity contribution in [3.8, 4) is 0 Å². The Balaban J connectivity index is 2.14. The van der Waals surface area contributed by atoms with Gasteiger partial charge in [0.15, 0.2) is 0 Å². The highest BCUT2D eigenvalue weighted by atomic mass is 35.5. The van der Waals surface area contributed by atoms with E-state index in [1.807, 2.05) is 0 Å². The Morgan fingerprint density at radius 2 is 2.00 bits per heavy atom. The number of aliphatic carboxylic acids is 1. The molecule has 0 aromatic carbocycles. The quantitative estimate of drug-likeness (QED) is 0.787. The summed E-state index contributed by atoms with van der Waals surface area (Å²) in [7, 11) is 0. The molecule has 1 aromatic rings. The summed E-state index contributed by atoms with van der Waals surface area (Å²) in [4.78, 5) is 26.1. The van der Waals surface area contributed by atoms with E-state index < -0.39 is 17.4 Å². The van der Waals surface area contributed by atoms with Gasteiger partial charge in [0.2, 0.25) is 0 Å². The van der Waals surface area contributed by atoms with Crippen LogP contribution in [0.3, 0.4) is 0 Å². The number of aromatic nitrogens is 1. The molecule has 18 heavy (non-hydrogen) atoms. The number of aromatic amines is 1. The van der Waals surface area contributed by atoms with Crippen LogP contribution in [0.25, 0.3) is 0 Å². The molecule has 2 rings (SSSR count). The third-order valence-corrected chi connectivity index (χ3v) is 3.58. The number of halogens is 1. The minimum atomic E-state index is -1.13. The first kappa shape index (κ1) is 13.0. The molecule has 1 aliphatic carbocycles. The number of hydrogen-bond donors (Lipinski definition) is 3. The standard InChI is InChI=1S/C12H15ClN2O3/c13-8-6-9(14-7-8)10(16)15-12(11(17)18)4-2-1-3-5-12/h6-7,14H,1-5H2,(H,15,16)(H,17,18). The fraction of sp³-hybridized carbons (Fsp3) is 0.500. The van der Waals surface area contributed by atoms with Crippen LogP contribution in [0.5, 0.6) is 0 Å². The molecular formula is C12H15ClN2O3. The zero-order valence-corrected chi connectivity index (χ0v) is 10.6. The highest BCUT2D eigenvalue weighted by Gasteiger charge is 2.41. The Hall–Kier alpha value is -1.49. The number of carbonyl (C=O) groups is 2. The van der Waals surface area contributed by atoms with Gasteiger partial charge in [-0.1, -0.05) is 30.9 Å². The highest BCUT2D eigenvalue weighted by molar-refractivity contribution is 6.31. The monoisotopic (exact) mass is 270 g/mol. The van der Waals surface area contributed by atoms with E-state index in [0.29, 0.717) is 17.9 Å². The van der Waals surface area contributed by atoms with Gasteiger partial charge in [0, 0.05) is 6.20 Å². The molecule has 0 aliphatic heterocycles. The first-order valence-electron chi connectivity index (χ1n) is 5.93. The zero-order chi connectivity index (χ0) is 13.2. The maximum Gasteiger partial charge on any atom is 0.329 e. The summed E-state index contributed by atoms with van der Waals surface area (Å²) in [5.74, 6) is -1.39. The van der Waals surface area contributed by atoms with Gasteiger partial charge >= 0.3 is 5.97 Å². The fourth-order valence-electron chi connectivity index (χ4n) is 2.33. The molecule has 1 aromatic heterocycles. The normalized spacial score (nSPS) is 18.3. The van der Waals surface area contributed by atoms with Gasteiger partial charge in [-0.05, 0) is 18.9 Å². The van der Waals surface area contributed by atoms with Crippen molar-refractivity contribution < 1.29 is 14.7 Å². The van der Waals surface area contributed by atoms with E-state index in [2.05, 4.69) is 10.3 Å². The summed E-state index contributed by atoms with van der Waals surface area (Å²) < 4.78 is 0. The molecule has 1 amide bonds. The van der Waals surface area contributed by atoms with Crippen LogP contribution in [-0.2, 0) is 4.79 Å². The Labute approximate surface area is 110 Å². The van der Waals surface area contributed by atoms with E-state index >= 15 is 0 Å². The summed E-state index contributed by atoms with van der Waals surface area (Å²) in [6.07, 6.45) is 5.09. The number of carbonyl (C=O) groups excluding carboxylic acids is 1. The van der Waals surface area contributed by atoms with E-state index in [4.69, 9.17) is 11.6 Å². The van der Waals surface area contributed by atoms with Gasteiger partial charge in [-0.25, -0.2) is 4.79 Å². The van der Waals surface area contributed by atoms with Crippen molar-refractivity contribution in [2.75, 3.05) is 0 Å². The van der Waals surface area contributed by atoms with Gasteiger partial charge < -0.3 is 15.4 Å². The van der Waals surface area contributed by atoms with Crippen molar-refractivity contribution >= 4 is 23.5 Å². The van der Waals surface area contributed by atoms with E-state index in [9.17, 15) is 14.7 Å². The number of amides is 1. The molecule has 0 atom stereocenters. The summed E-state index contributed by atoms with van der Waals surface area (Å²) in [5.41, 5.74) is -0.849. The van der Waals surface area contributed by atoms with Crippen molar-refractivity contribution in [2.45, 2.75) is 37.6 Å². The predicted octanol–water partition coefficient (Wildman–Crippen LogP) is 2.19. The third-order valence-electron chi connectivity index (χ3n) is 3.36. The Morgan fingerprint density at radius 3 is 2.50 bits per heavy atom. The molecule has 3 N–H and O–H groups in total.